The molecule has 126 valence electrons. The number of hydrogen-bond acceptors (Lipinski definition) is 2. The molecule has 3 nitrogen and oxygen atoms in total. The fraction of sp³-hybridized carbons (Fsp3) is 0.190. The molecule has 0 saturated carbocycles. The van der Waals surface area contributed by atoms with Crippen molar-refractivity contribution in [2.24, 2.45) is 0 Å². The van der Waals surface area contributed by atoms with Gasteiger partial charge in [0.25, 0.3) is 0 Å². The first kappa shape index (κ1) is 17.6. The van der Waals surface area contributed by atoms with Gasteiger partial charge in [-0.15, -0.1) is 0 Å². The molecular weight excluding hydrogens is 421 g/mol. The van der Waals surface area contributed by atoms with Crippen LogP contribution in [0.15, 0.2) is 48.5 Å². The van der Waals surface area contributed by atoms with Crippen molar-refractivity contribution >= 4 is 28.3 Å². The summed E-state index contributed by atoms with van der Waals surface area (Å²) in [5.41, 5.74) is 13.3. The molecule has 25 heavy (non-hydrogen) atoms. The molecule has 2 N–H and O–H groups in total. The lowest BCUT2D eigenvalue weighted by molar-refractivity contribution is 0.843. The number of hydrogen-bond donors (Lipinski definition) is 1. The van der Waals surface area contributed by atoms with Gasteiger partial charge in [-0.2, -0.15) is 5.26 Å². The molecule has 1 aromatic heterocycles. The Kier molecular flexibility index (Phi) is 5.14. The normalized spacial score (nSPS) is 10.6. The van der Waals surface area contributed by atoms with Crippen LogP contribution in [0.3, 0.4) is 0 Å². The van der Waals surface area contributed by atoms with Crippen molar-refractivity contribution in [2.75, 3.05) is 5.73 Å². The zero-order chi connectivity index (χ0) is 18.0. The van der Waals surface area contributed by atoms with E-state index >= 15 is 0 Å². The molecule has 0 saturated heterocycles. The molecule has 0 bridgehead atoms. The zero-order valence-corrected chi connectivity index (χ0v) is 16.5. The van der Waals surface area contributed by atoms with Crippen LogP contribution >= 0.6 is 22.6 Å². The molecule has 2 aromatic carbocycles. The summed E-state index contributed by atoms with van der Waals surface area (Å²) in [6.07, 6.45) is 2.06. The lowest BCUT2D eigenvalue weighted by atomic mass is 10.1. The summed E-state index contributed by atoms with van der Waals surface area (Å²) in [6, 6.07) is 18.5. The third-order valence-electron chi connectivity index (χ3n) is 4.32. The molecule has 0 unspecified atom stereocenters. The first-order chi connectivity index (χ1) is 12.0. The second kappa shape index (κ2) is 7.32. The minimum atomic E-state index is 0.681. The Morgan fingerprint density at radius 3 is 2.56 bits per heavy atom. The Morgan fingerprint density at radius 1 is 1.12 bits per heavy atom. The van der Waals surface area contributed by atoms with Crippen LogP contribution in [0.1, 0.15) is 30.2 Å². The molecular formula is C21H20IN3. The molecule has 0 aliphatic heterocycles. The lowest BCUT2D eigenvalue weighted by Crippen LogP contribution is -2.05. The third-order valence-corrected chi connectivity index (χ3v) is 5.00. The smallest absolute Gasteiger partial charge is 0.0991 e. The molecule has 0 spiro atoms. The van der Waals surface area contributed by atoms with Gasteiger partial charge in [0.05, 0.1) is 17.3 Å². The fourth-order valence-electron chi connectivity index (χ4n) is 3.17. The van der Waals surface area contributed by atoms with E-state index in [9.17, 15) is 0 Å². The minimum Gasteiger partial charge on any atom is -0.398 e. The van der Waals surface area contributed by atoms with Gasteiger partial charge in [0.15, 0.2) is 0 Å². The summed E-state index contributed by atoms with van der Waals surface area (Å²) >= 11 is 2.28. The van der Waals surface area contributed by atoms with E-state index in [2.05, 4.69) is 64.4 Å². The van der Waals surface area contributed by atoms with Crippen molar-refractivity contribution in [1.82, 2.24) is 4.57 Å². The van der Waals surface area contributed by atoms with Crippen LogP contribution in [-0.4, -0.2) is 4.57 Å². The fourth-order valence-corrected chi connectivity index (χ4v) is 3.68. The van der Waals surface area contributed by atoms with E-state index in [0.717, 1.165) is 44.6 Å². The maximum Gasteiger partial charge on any atom is 0.0991 e. The quantitative estimate of drug-likeness (QED) is 0.432. The maximum absolute atomic E-state index is 9.14. The molecule has 3 aromatic rings. The largest absolute Gasteiger partial charge is 0.398 e. The average molecular weight is 441 g/mol. The van der Waals surface area contributed by atoms with Crippen LogP contribution in [-0.2, 0) is 6.42 Å². The number of nitriles is 1. The minimum absolute atomic E-state index is 0.681. The standard InChI is InChI=1S/C21H20IN3/c1-3-4-17-7-10-21(18-8-6-16(22)12-19(18)24)25(17)20-9-5-15(13-23)11-14(20)2/h5-12H,3-4,24H2,1-2H3. The Labute approximate surface area is 162 Å². The molecule has 0 aliphatic rings. The molecule has 1 heterocycles. The van der Waals surface area contributed by atoms with Gasteiger partial charge in [0.1, 0.15) is 0 Å². The number of halogens is 1. The summed E-state index contributed by atoms with van der Waals surface area (Å²) in [6.45, 7) is 4.23. The van der Waals surface area contributed by atoms with E-state index in [0.29, 0.717) is 5.56 Å². The van der Waals surface area contributed by atoms with Crippen molar-refractivity contribution in [3.8, 4) is 23.0 Å². The van der Waals surface area contributed by atoms with Gasteiger partial charge in [-0.1, -0.05) is 13.3 Å². The number of rotatable bonds is 4. The van der Waals surface area contributed by atoms with Crippen LogP contribution in [0.25, 0.3) is 16.9 Å². The van der Waals surface area contributed by atoms with Gasteiger partial charge >= 0.3 is 0 Å². The number of nitrogens with two attached hydrogens (primary N) is 1. The van der Waals surface area contributed by atoms with Crippen LogP contribution in [0, 0.1) is 21.8 Å². The molecule has 0 amide bonds. The van der Waals surface area contributed by atoms with Gasteiger partial charge in [-0.05, 0) is 90.0 Å². The summed E-state index contributed by atoms with van der Waals surface area (Å²) < 4.78 is 3.40. The highest BCUT2D eigenvalue weighted by Gasteiger charge is 2.15. The van der Waals surface area contributed by atoms with Crippen LogP contribution in [0.5, 0.6) is 0 Å². The molecule has 4 heteroatoms. The predicted molar refractivity (Wildman–Crippen MR) is 112 cm³/mol. The highest BCUT2D eigenvalue weighted by Crippen LogP contribution is 2.33. The van der Waals surface area contributed by atoms with Gasteiger partial charge in [-0.3, -0.25) is 0 Å². The van der Waals surface area contributed by atoms with E-state index in [1.807, 2.05) is 31.2 Å². The highest BCUT2D eigenvalue weighted by molar-refractivity contribution is 14.1. The van der Waals surface area contributed by atoms with Crippen molar-refractivity contribution < 1.29 is 0 Å². The summed E-state index contributed by atoms with van der Waals surface area (Å²) in [5.74, 6) is 0. The predicted octanol–water partition coefficient (Wildman–Crippen LogP) is 5.46. The highest BCUT2D eigenvalue weighted by atomic mass is 127. The van der Waals surface area contributed by atoms with Gasteiger partial charge in [-0.25, -0.2) is 0 Å². The number of benzene rings is 2. The summed E-state index contributed by atoms with van der Waals surface area (Å²) in [7, 11) is 0. The second-order valence-corrected chi connectivity index (χ2v) is 7.39. The molecule has 0 aliphatic carbocycles. The van der Waals surface area contributed by atoms with Gasteiger partial charge < -0.3 is 10.3 Å². The Hall–Kier alpha value is -2.26. The summed E-state index contributed by atoms with van der Waals surface area (Å²) in [4.78, 5) is 0. The van der Waals surface area contributed by atoms with E-state index in [-0.39, 0.29) is 0 Å². The number of nitrogens with zero attached hydrogens (tertiary/aromatic N) is 2. The second-order valence-electron chi connectivity index (χ2n) is 6.14. The van der Waals surface area contributed by atoms with Gasteiger partial charge in [0.2, 0.25) is 0 Å². The van der Waals surface area contributed by atoms with E-state index < -0.39 is 0 Å². The van der Waals surface area contributed by atoms with Crippen molar-refractivity contribution in [1.29, 1.82) is 5.26 Å². The maximum atomic E-state index is 9.14. The van der Waals surface area contributed by atoms with E-state index in [1.165, 1.54) is 5.69 Å². The first-order valence-corrected chi connectivity index (χ1v) is 9.40. The van der Waals surface area contributed by atoms with Crippen molar-refractivity contribution in [2.45, 2.75) is 26.7 Å². The number of aromatic nitrogens is 1. The zero-order valence-electron chi connectivity index (χ0n) is 14.4. The SMILES string of the molecule is CCCc1ccc(-c2ccc(I)cc2N)n1-c1ccc(C#N)cc1C. The monoisotopic (exact) mass is 441 g/mol. The van der Waals surface area contributed by atoms with Crippen LogP contribution < -0.4 is 5.73 Å². The molecule has 0 radical (unpaired) electrons. The van der Waals surface area contributed by atoms with Gasteiger partial charge in [0, 0.05) is 26.2 Å². The average Bonchev–Trinajstić information content (AvgIpc) is 2.98. The van der Waals surface area contributed by atoms with Crippen LogP contribution in [0.2, 0.25) is 0 Å². The van der Waals surface area contributed by atoms with E-state index in [1.54, 1.807) is 0 Å². The Balaban J connectivity index is 2.24. The van der Waals surface area contributed by atoms with Crippen LogP contribution in [0.4, 0.5) is 5.69 Å². The number of aryl methyl sites for hydroxylation is 2. The Morgan fingerprint density at radius 2 is 1.92 bits per heavy atom. The Bertz CT molecular complexity index is 964. The van der Waals surface area contributed by atoms with Crippen molar-refractivity contribution in [3.63, 3.8) is 0 Å². The lowest BCUT2D eigenvalue weighted by Gasteiger charge is -2.17. The number of anilines is 1. The first-order valence-electron chi connectivity index (χ1n) is 8.32. The van der Waals surface area contributed by atoms with E-state index in [4.69, 9.17) is 11.0 Å². The molecule has 3 rings (SSSR count). The molecule has 0 atom stereocenters. The topological polar surface area (TPSA) is 54.7 Å². The molecule has 0 fully saturated rings. The third kappa shape index (κ3) is 3.42. The van der Waals surface area contributed by atoms with Crippen molar-refractivity contribution in [3.05, 3.63) is 68.9 Å². The summed E-state index contributed by atoms with van der Waals surface area (Å²) in [5, 5.41) is 9.14. The number of nitrogen functional groups attached to an aromatic ring is 1.